The maximum Gasteiger partial charge on any atom is 0.257 e. The SMILES string of the molecule is Cc1ccc(S(=O)(=O)N2CCC[C@@H](C(=O)NNC(=O)CN3CCCC3=O)C2)cc1. The van der Waals surface area contributed by atoms with Crippen LogP contribution in [0.15, 0.2) is 29.2 Å². The molecule has 158 valence electrons. The molecule has 3 amide bonds. The van der Waals surface area contributed by atoms with E-state index < -0.39 is 27.8 Å². The van der Waals surface area contributed by atoms with E-state index in [0.29, 0.717) is 32.4 Å². The van der Waals surface area contributed by atoms with Gasteiger partial charge in [-0.1, -0.05) is 17.7 Å². The van der Waals surface area contributed by atoms with Crippen LogP contribution < -0.4 is 10.9 Å². The summed E-state index contributed by atoms with van der Waals surface area (Å²) >= 11 is 0. The van der Waals surface area contributed by atoms with E-state index in [1.807, 2.05) is 6.92 Å². The van der Waals surface area contributed by atoms with Crippen LogP contribution in [0, 0.1) is 12.8 Å². The molecule has 29 heavy (non-hydrogen) atoms. The number of hydrogen-bond donors (Lipinski definition) is 2. The second-order valence-electron chi connectivity index (χ2n) is 7.47. The number of piperidine rings is 1. The Hall–Kier alpha value is -2.46. The lowest BCUT2D eigenvalue weighted by molar-refractivity contribution is -0.135. The molecule has 2 aliphatic heterocycles. The summed E-state index contributed by atoms with van der Waals surface area (Å²) in [6.07, 6.45) is 2.25. The van der Waals surface area contributed by atoms with Gasteiger partial charge in [-0.25, -0.2) is 8.42 Å². The molecular weight excluding hydrogens is 396 g/mol. The maximum absolute atomic E-state index is 12.8. The van der Waals surface area contributed by atoms with Gasteiger partial charge in [-0.2, -0.15) is 4.31 Å². The zero-order chi connectivity index (χ0) is 21.0. The van der Waals surface area contributed by atoms with Crippen molar-refractivity contribution in [1.82, 2.24) is 20.1 Å². The Morgan fingerprint density at radius 1 is 1.10 bits per heavy atom. The zero-order valence-corrected chi connectivity index (χ0v) is 17.2. The second-order valence-corrected chi connectivity index (χ2v) is 9.41. The molecule has 9 nitrogen and oxygen atoms in total. The predicted octanol–water partition coefficient (Wildman–Crippen LogP) is 0.166. The van der Waals surface area contributed by atoms with Crippen LogP contribution in [0.1, 0.15) is 31.2 Å². The first kappa shape index (κ1) is 21.3. The van der Waals surface area contributed by atoms with Gasteiger partial charge < -0.3 is 4.90 Å². The average molecular weight is 423 g/mol. The van der Waals surface area contributed by atoms with Gasteiger partial charge in [0.2, 0.25) is 21.8 Å². The predicted molar refractivity (Wildman–Crippen MR) is 105 cm³/mol. The molecule has 1 aromatic carbocycles. The Labute approximate surface area is 170 Å². The van der Waals surface area contributed by atoms with Crippen LogP contribution in [0.25, 0.3) is 0 Å². The van der Waals surface area contributed by atoms with E-state index in [4.69, 9.17) is 0 Å². The van der Waals surface area contributed by atoms with Crippen molar-refractivity contribution < 1.29 is 22.8 Å². The molecule has 10 heteroatoms. The summed E-state index contributed by atoms with van der Waals surface area (Å²) in [6, 6.07) is 6.60. The number of carbonyl (C=O) groups excluding carboxylic acids is 3. The third-order valence-electron chi connectivity index (χ3n) is 5.24. The molecule has 0 spiro atoms. The Kier molecular flexibility index (Phi) is 6.53. The van der Waals surface area contributed by atoms with E-state index in [9.17, 15) is 22.8 Å². The van der Waals surface area contributed by atoms with Crippen LogP contribution in [-0.2, 0) is 24.4 Å². The highest BCUT2D eigenvalue weighted by atomic mass is 32.2. The molecule has 2 aliphatic rings. The molecular formula is C19H26N4O5S. The largest absolute Gasteiger partial charge is 0.333 e. The number of likely N-dealkylation sites (tertiary alicyclic amines) is 1. The normalized spacial score (nSPS) is 20.5. The van der Waals surface area contributed by atoms with E-state index in [0.717, 1.165) is 12.0 Å². The van der Waals surface area contributed by atoms with Crippen molar-refractivity contribution in [2.24, 2.45) is 5.92 Å². The highest BCUT2D eigenvalue weighted by Gasteiger charge is 2.33. The Balaban J connectivity index is 1.54. The molecule has 0 aromatic heterocycles. The lowest BCUT2D eigenvalue weighted by Crippen LogP contribution is -2.51. The molecule has 0 bridgehead atoms. The van der Waals surface area contributed by atoms with Crippen LogP contribution in [0.3, 0.4) is 0 Å². The van der Waals surface area contributed by atoms with Crippen molar-refractivity contribution >= 4 is 27.7 Å². The minimum Gasteiger partial charge on any atom is -0.333 e. The molecule has 2 heterocycles. The summed E-state index contributed by atoms with van der Waals surface area (Å²) in [5.41, 5.74) is 5.64. The topological polar surface area (TPSA) is 116 Å². The monoisotopic (exact) mass is 422 g/mol. The highest BCUT2D eigenvalue weighted by Crippen LogP contribution is 2.24. The van der Waals surface area contributed by atoms with Gasteiger partial charge in [-0.3, -0.25) is 25.2 Å². The molecule has 2 fully saturated rings. The standard InChI is InChI=1S/C19H26N4O5S/c1-14-6-8-16(9-7-14)29(27,28)23-11-2-4-15(12-23)19(26)21-20-17(24)13-22-10-3-5-18(22)25/h6-9,15H,2-5,10-13H2,1H3,(H,20,24)(H,21,26)/t15-/m1/s1. The first-order valence-electron chi connectivity index (χ1n) is 9.70. The van der Waals surface area contributed by atoms with Crippen molar-refractivity contribution in [2.45, 2.75) is 37.5 Å². The lowest BCUT2D eigenvalue weighted by Gasteiger charge is -2.31. The number of aryl methyl sites for hydroxylation is 1. The molecule has 1 atom stereocenters. The van der Waals surface area contributed by atoms with E-state index >= 15 is 0 Å². The lowest BCUT2D eigenvalue weighted by atomic mass is 9.99. The van der Waals surface area contributed by atoms with Crippen molar-refractivity contribution in [3.8, 4) is 0 Å². The molecule has 0 radical (unpaired) electrons. The van der Waals surface area contributed by atoms with Gasteiger partial charge in [0.25, 0.3) is 5.91 Å². The molecule has 0 aliphatic carbocycles. The number of sulfonamides is 1. The summed E-state index contributed by atoms with van der Waals surface area (Å²) in [7, 11) is -3.68. The summed E-state index contributed by atoms with van der Waals surface area (Å²) in [6.45, 7) is 2.73. The third-order valence-corrected chi connectivity index (χ3v) is 7.12. The molecule has 0 saturated carbocycles. The number of hydrogen-bond acceptors (Lipinski definition) is 5. The van der Waals surface area contributed by atoms with Crippen LogP contribution >= 0.6 is 0 Å². The van der Waals surface area contributed by atoms with Crippen molar-refractivity contribution in [1.29, 1.82) is 0 Å². The van der Waals surface area contributed by atoms with Gasteiger partial charge in [0.1, 0.15) is 6.54 Å². The Morgan fingerprint density at radius 3 is 2.48 bits per heavy atom. The summed E-state index contributed by atoms with van der Waals surface area (Å²) in [4.78, 5) is 37.6. The fourth-order valence-corrected chi connectivity index (χ4v) is 5.08. The average Bonchev–Trinajstić information content (AvgIpc) is 3.11. The van der Waals surface area contributed by atoms with Gasteiger partial charge in [-0.15, -0.1) is 0 Å². The smallest absolute Gasteiger partial charge is 0.257 e. The van der Waals surface area contributed by atoms with Crippen molar-refractivity contribution in [2.75, 3.05) is 26.2 Å². The fourth-order valence-electron chi connectivity index (χ4n) is 3.55. The number of amides is 3. The van der Waals surface area contributed by atoms with E-state index in [2.05, 4.69) is 10.9 Å². The van der Waals surface area contributed by atoms with Crippen LogP contribution in [0.4, 0.5) is 0 Å². The second kappa shape index (κ2) is 8.91. The molecule has 1 aromatic rings. The number of rotatable bonds is 5. The molecule has 2 N–H and O–H groups in total. The van der Waals surface area contributed by atoms with E-state index in [1.54, 1.807) is 24.3 Å². The summed E-state index contributed by atoms with van der Waals surface area (Å²) in [5.74, 6) is -1.54. The number of nitrogens with one attached hydrogen (secondary N) is 2. The highest BCUT2D eigenvalue weighted by molar-refractivity contribution is 7.89. The minimum atomic E-state index is -3.68. The third kappa shape index (κ3) is 5.13. The van der Waals surface area contributed by atoms with E-state index in [-0.39, 0.29) is 23.9 Å². The number of benzene rings is 1. The van der Waals surface area contributed by atoms with Crippen LogP contribution in [-0.4, -0.2) is 61.5 Å². The maximum atomic E-state index is 12.8. The quantitative estimate of drug-likeness (QED) is 0.656. The van der Waals surface area contributed by atoms with Crippen LogP contribution in [0.2, 0.25) is 0 Å². The van der Waals surface area contributed by atoms with Crippen LogP contribution in [0.5, 0.6) is 0 Å². The Morgan fingerprint density at radius 2 is 1.83 bits per heavy atom. The molecule has 3 rings (SSSR count). The van der Waals surface area contributed by atoms with Gasteiger partial charge >= 0.3 is 0 Å². The first-order valence-corrected chi connectivity index (χ1v) is 11.1. The summed E-state index contributed by atoms with van der Waals surface area (Å²) in [5, 5.41) is 0. The molecule has 0 unspecified atom stereocenters. The van der Waals surface area contributed by atoms with Crippen molar-refractivity contribution in [3.63, 3.8) is 0 Å². The van der Waals surface area contributed by atoms with Crippen molar-refractivity contribution in [3.05, 3.63) is 29.8 Å². The minimum absolute atomic E-state index is 0.0581. The summed E-state index contributed by atoms with van der Waals surface area (Å²) < 4.78 is 27.0. The van der Waals surface area contributed by atoms with Gasteiger partial charge in [-0.05, 0) is 38.3 Å². The van der Waals surface area contributed by atoms with Gasteiger partial charge in [0, 0.05) is 26.1 Å². The number of carbonyl (C=O) groups is 3. The number of hydrazine groups is 1. The Bertz CT molecular complexity index is 884. The first-order chi connectivity index (χ1) is 13.8. The van der Waals surface area contributed by atoms with E-state index in [1.165, 1.54) is 9.21 Å². The zero-order valence-electron chi connectivity index (χ0n) is 16.4. The van der Waals surface area contributed by atoms with Gasteiger partial charge in [0.05, 0.1) is 10.8 Å². The molecule has 2 saturated heterocycles. The number of nitrogens with zero attached hydrogens (tertiary/aromatic N) is 2. The fraction of sp³-hybridized carbons (Fsp3) is 0.526. The van der Waals surface area contributed by atoms with Gasteiger partial charge in [0.15, 0.2) is 0 Å².